The third-order valence-electron chi connectivity index (χ3n) is 5.45. The lowest BCUT2D eigenvalue weighted by molar-refractivity contribution is -0.278. The Balaban J connectivity index is 1.65. The van der Waals surface area contributed by atoms with Crippen LogP contribution in [0, 0.1) is 10.8 Å². The van der Waals surface area contributed by atoms with Gasteiger partial charge in [-0.05, 0) is 55.4 Å². The molecule has 2 fully saturated rings. The fourth-order valence-corrected chi connectivity index (χ4v) is 3.96. The number of hydrogen-bond donors (Lipinski definition) is 2. The Morgan fingerprint density at radius 3 is 2.04 bits per heavy atom. The first-order valence-corrected chi connectivity index (χ1v) is 8.47. The van der Waals surface area contributed by atoms with Crippen LogP contribution in [0.25, 0.3) is 0 Å². The molecular weight excluding hydrogens is 349 g/mol. The SMILES string of the molecule is COCC(=O)Nc1ccc(NC(=O)C2(C(F)(F)F)CC3(CCC3)C2)cc1. The predicted octanol–water partition coefficient (Wildman–Crippen LogP) is 3.72. The van der Waals surface area contributed by atoms with Gasteiger partial charge in [-0.15, -0.1) is 0 Å². The zero-order chi connectivity index (χ0) is 19.0. The van der Waals surface area contributed by atoms with Gasteiger partial charge in [-0.25, -0.2) is 0 Å². The van der Waals surface area contributed by atoms with E-state index in [1.54, 1.807) is 0 Å². The monoisotopic (exact) mass is 370 g/mol. The molecule has 0 saturated heterocycles. The summed E-state index contributed by atoms with van der Waals surface area (Å²) in [7, 11) is 1.39. The Bertz CT molecular complexity index is 689. The third kappa shape index (κ3) is 3.30. The van der Waals surface area contributed by atoms with E-state index < -0.39 is 17.5 Å². The summed E-state index contributed by atoms with van der Waals surface area (Å²) in [5, 5.41) is 4.96. The van der Waals surface area contributed by atoms with Crippen LogP contribution in [0.3, 0.4) is 0 Å². The van der Waals surface area contributed by atoms with Crippen molar-refractivity contribution in [2.24, 2.45) is 10.8 Å². The fraction of sp³-hybridized carbons (Fsp3) is 0.556. The van der Waals surface area contributed by atoms with Crippen LogP contribution in [0.2, 0.25) is 0 Å². The number of halogens is 3. The molecule has 0 atom stereocenters. The van der Waals surface area contributed by atoms with Gasteiger partial charge in [0.25, 0.3) is 0 Å². The molecule has 1 spiro atoms. The first kappa shape index (κ1) is 18.7. The van der Waals surface area contributed by atoms with Gasteiger partial charge in [0.05, 0.1) is 0 Å². The number of amides is 2. The van der Waals surface area contributed by atoms with Gasteiger partial charge in [-0.1, -0.05) is 6.42 Å². The summed E-state index contributed by atoms with van der Waals surface area (Å²) in [6.07, 6.45) is -2.33. The molecule has 2 N–H and O–H groups in total. The van der Waals surface area contributed by atoms with E-state index in [2.05, 4.69) is 10.6 Å². The number of benzene rings is 1. The molecule has 2 aliphatic carbocycles. The van der Waals surface area contributed by atoms with Gasteiger partial charge in [0.15, 0.2) is 0 Å². The van der Waals surface area contributed by atoms with E-state index in [4.69, 9.17) is 4.74 Å². The number of alkyl halides is 3. The van der Waals surface area contributed by atoms with Crippen molar-refractivity contribution in [1.82, 2.24) is 0 Å². The maximum absolute atomic E-state index is 13.6. The molecule has 1 aromatic carbocycles. The van der Waals surface area contributed by atoms with Gasteiger partial charge in [-0.3, -0.25) is 9.59 Å². The van der Waals surface area contributed by atoms with Crippen molar-refractivity contribution in [1.29, 1.82) is 0 Å². The van der Waals surface area contributed by atoms with E-state index >= 15 is 0 Å². The van der Waals surface area contributed by atoms with Gasteiger partial charge >= 0.3 is 6.18 Å². The van der Waals surface area contributed by atoms with Crippen molar-refractivity contribution in [2.45, 2.75) is 38.3 Å². The molecule has 0 unspecified atom stereocenters. The molecular formula is C18H21F3N2O3. The molecule has 2 saturated carbocycles. The van der Waals surface area contributed by atoms with Crippen LogP contribution in [0.1, 0.15) is 32.1 Å². The lowest BCUT2D eigenvalue weighted by atomic mass is 9.44. The molecule has 0 heterocycles. The predicted molar refractivity (Wildman–Crippen MR) is 89.6 cm³/mol. The fourth-order valence-electron chi connectivity index (χ4n) is 3.96. The normalized spacial score (nSPS) is 20.0. The van der Waals surface area contributed by atoms with Gasteiger partial charge in [0, 0.05) is 18.5 Å². The summed E-state index contributed by atoms with van der Waals surface area (Å²) < 4.78 is 45.4. The first-order valence-electron chi connectivity index (χ1n) is 8.47. The highest BCUT2D eigenvalue weighted by molar-refractivity contribution is 5.97. The van der Waals surface area contributed by atoms with Crippen LogP contribution in [0.15, 0.2) is 24.3 Å². The molecule has 0 aromatic heterocycles. The second kappa shape index (κ2) is 6.57. The van der Waals surface area contributed by atoms with Crippen LogP contribution in [-0.4, -0.2) is 31.7 Å². The molecule has 2 amide bonds. The standard InChI is InChI=1S/C18H21F3N2O3/c1-26-9-14(24)22-12-3-5-13(6-4-12)23-15(25)17(18(19,20)21)10-16(11-17)7-2-8-16/h3-6H,2,7-11H2,1H3,(H,22,24)(H,23,25). The highest BCUT2D eigenvalue weighted by atomic mass is 19.4. The smallest absolute Gasteiger partial charge is 0.375 e. The van der Waals surface area contributed by atoms with E-state index in [9.17, 15) is 22.8 Å². The van der Waals surface area contributed by atoms with Gasteiger partial charge in [0.1, 0.15) is 12.0 Å². The molecule has 2 aliphatic rings. The van der Waals surface area contributed by atoms with Crippen molar-refractivity contribution in [3.8, 4) is 0 Å². The van der Waals surface area contributed by atoms with Gasteiger partial charge in [-0.2, -0.15) is 13.2 Å². The molecule has 0 radical (unpaired) electrons. The Labute approximate surface area is 149 Å². The minimum atomic E-state index is -4.56. The second-order valence-electron chi connectivity index (χ2n) is 7.30. The minimum Gasteiger partial charge on any atom is -0.375 e. The summed E-state index contributed by atoms with van der Waals surface area (Å²) >= 11 is 0. The van der Waals surface area contributed by atoms with Crippen LogP contribution >= 0.6 is 0 Å². The van der Waals surface area contributed by atoms with Crippen LogP contribution < -0.4 is 10.6 Å². The molecule has 3 rings (SSSR count). The maximum atomic E-state index is 13.6. The highest BCUT2D eigenvalue weighted by Crippen LogP contribution is 2.69. The number of carbonyl (C=O) groups excluding carboxylic acids is 2. The second-order valence-corrected chi connectivity index (χ2v) is 7.30. The summed E-state index contributed by atoms with van der Waals surface area (Å²) in [6, 6.07) is 5.94. The van der Waals surface area contributed by atoms with E-state index in [1.165, 1.54) is 31.4 Å². The van der Waals surface area contributed by atoms with Crippen molar-refractivity contribution in [2.75, 3.05) is 24.4 Å². The molecule has 1 aromatic rings. The molecule has 0 aliphatic heterocycles. The number of hydrogen-bond acceptors (Lipinski definition) is 3. The van der Waals surface area contributed by atoms with Crippen LogP contribution in [0.4, 0.5) is 24.5 Å². The lowest BCUT2D eigenvalue weighted by Crippen LogP contribution is -2.62. The Morgan fingerprint density at radius 1 is 1.08 bits per heavy atom. The van der Waals surface area contributed by atoms with E-state index in [0.717, 1.165) is 19.3 Å². The minimum absolute atomic E-state index is 0.103. The van der Waals surface area contributed by atoms with Gasteiger partial charge < -0.3 is 15.4 Å². The van der Waals surface area contributed by atoms with Crippen LogP contribution in [-0.2, 0) is 14.3 Å². The van der Waals surface area contributed by atoms with Crippen molar-refractivity contribution < 1.29 is 27.5 Å². The summed E-state index contributed by atoms with van der Waals surface area (Å²) in [5.41, 5.74) is -1.85. The summed E-state index contributed by atoms with van der Waals surface area (Å²) in [6.45, 7) is -0.103. The number of ether oxygens (including phenoxy) is 1. The van der Waals surface area contributed by atoms with E-state index in [0.29, 0.717) is 5.69 Å². The molecule has 8 heteroatoms. The number of methoxy groups -OCH3 is 1. The van der Waals surface area contributed by atoms with Crippen molar-refractivity contribution >= 4 is 23.2 Å². The average molecular weight is 370 g/mol. The quantitative estimate of drug-likeness (QED) is 0.830. The molecule has 26 heavy (non-hydrogen) atoms. The zero-order valence-electron chi connectivity index (χ0n) is 14.4. The lowest BCUT2D eigenvalue weighted by Gasteiger charge is -2.60. The summed E-state index contributed by atoms with van der Waals surface area (Å²) in [5.74, 6) is -1.35. The topological polar surface area (TPSA) is 67.4 Å². The number of carbonyl (C=O) groups is 2. The molecule has 142 valence electrons. The Hall–Kier alpha value is -2.09. The Kier molecular flexibility index (Phi) is 4.72. The first-order chi connectivity index (χ1) is 12.2. The third-order valence-corrected chi connectivity index (χ3v) is 5.45. The summed E-state index contributed by atoms with van der Waals surface area (Å²) in [4.78, 5) is 23.8. The largest absolute Gasteiger partial charge is 0.403 e. The van der Waals surface area contributed by atoms with Crippen molar-refractivity contribution in [3.63, 3.8) is 0 Å². The molecule has 5 nitrogen and oxygen atoms in total. The highest BCUT2D eigenvalue weighted by Gasteiger charge is 2.72. The zero-order valence-corrected chi connectivity index (χ0v) is 14.4. The number of anilines is 2. The van der Waals surface area contributed by atoms with Crippen molar-refractivity contribution in [3.05, 3.63) is 24.3 Å². The maximum Gasteiger partial charge on any atom is 0.403 e. The van der Waals surface area contributed by atoms with Crippen LogP contribution in [0.5, 0.6) is 0 Å². The Morgan fingerprint density at radius 2 is 1.62 bits per heavy atom. The average Bonchev–Trinajstić information content (AvgIpc) is 2.45. The van der Waals surface area contributed by atoms with Gasteiger partial charge in [0.2, 0.25) is 11.8 Å². The van der Waals surface area contributed by atoms with E-state index in [-0.39, 0.29) is 36.5 Å². The number of nitrogens with one attached hydrogen (secondary N) is 2. The molecule has 0 bridgehead atoms. The number of rotatable bonds is 5. The van der Waals surface area contributed by atoms with E-state index in [1.807, 2.05) is 0 Å².